The van der Waals surface area contributed by atoms with Gasteiger partial charge >= 0.3 is 0 Å². The lowest BCUT2D eigenvalue weighted by Crippen LogP contribution is -2.39. The first-order chi connectivity index (χ1) is 10.2. The molecule has 4 N–H and O–H groups in total. The molecule has 5 nitrogen and oxygen atoms in total. The first kappa shape index (κ1) is 16.1. The van der Waals surface area contributed by atoms with Gasteiger partial charge in [0.15, 0.2) is 0 Å². The predicted molar refractivity (Wildman–Crippen MR) is 82.7 cm³/mol. The third-order valence-corrected chi connectivity index (χ3v) is 4.32. The van der Waals surface area contributed by atoms with Gasteiger partial charge in [-0.05, 0) is 36.5 Å². The molecule has 1 saturated carbocycles. The number of methoxy groups -OCH3 is 2. The van der Waals surface area contributed by atoms with E-state index in [0.29, 0.717) is 18.5 Å². The Morgan fingerprint density at radius 2 is 1.90 bits per heavy atom. The van der Waals surface area contributed by atoms with Crippen molar-refractivity contribution in [1.82, 2.24) is 5.32 Å². The van der Waals surface area contributed by atoms with Gasteiger partial charge in [-0.2, -0.15) is 0 Å². The lowest BCUT2D eigenvalue weighted by Gasteiger charge is -2.26. The van der Waals surface area contributed by atoms with E-state index in [1.54, 1.807) is 14.2 Å². The number of rotatable bonds is 7. The van der Waals surface area contributed by atoms with Crippen molar-refractivity contribution < 1.29 is 14.6 Å². The van der Waals surface area contributed by atoms with E-state index in [2.05, 4.69) is 5.32 Å². The molecular formula is C16H26N2O3. The molecule has 118 valence electrons. The molecule has 0 spiro atoms. The van der Waals surface area contributed by atoms with Gasteiger partial charge in [-0.1, -0.05) is 6.42 Å². The molecule has 21 heavy (non-hydrogen) atoms. The second kappa shape index (κ2) is 7.64. The Labute approximate surface area is 126 Å². The number of aliphatic hydroxyl groups is 1. The van der Waals surface area contributed by atoms with Crippen LogP contribution in [0.15, 0.2) is 18.2 Å². The van der Waals surface area contributed by atoms with E-state index in [-0.39, 0.29) is 12.6 Å². The van der Waals surface area contributed by atoms with Gasteiger partial charge in [0.2, 0.25) is 0 Å². The molecule has 5 heteroatoms. The molecule has 0 aliphatic heterocycles. The number of hydrogen-bond acceptors (Lipinski definition) is 5. The quantitative estimate of drug-likeness (QED) is 0.709. The van der Waals surface area contributed by atoms with Gasteiger partial charge in [-0.3, -0.25) is 0 Å². The summed E-state index contributed by atoms with van der Waals surface area (Å²) in [7, 11) is 3.28. The van der Waals surface area contributed by atoms with Gasteiger partial charge in [0.1, 0.15) is 11.5 Å². The number of ether oxygens (including phenoxy) is 2. The SMILES string of the molecule is COc1cc(OC)cc(C(CN)NC2CCCC2CO)c1. The van der Waals surface area contributed by atoms with Crippen molar-refractivity contribution >= 4 is 0 Å². The minimum atomic E-state index is 0.0335. The van der Waals surface area contributed by atoms with Crippen LogP contribution in [0.25, 0.3) is 0 Å². The maximum absolute atomic E-state index is 9.45. The highest BCUT2D eigenvalue weighted by Gasteiger charge is 2.28. The first-order valence-electron chi connectivity index (χ1n) is 7.51. The summed E-state index contributed by atoms with van der Waals surface area (Å²) in [6.07, 6.45) is 3.32. The molecule has 0 heterocycles. The topological polar surface area (TPSA) is 76.7 Å². The Hall–Kier alpha value is -1.30. The number of nitrogens with two attached hydrogens (primary N) is 1. The van der Waals surface area contributed by atoms with Crippen LogP contribution in [0.1, 0.15) is 30.9 Å². The predicted octanol–water partition coefficient (Wildman–Crippen LogP) is 1.45. The molecule has 1 fully saturated rings. The van der Waals surface area contributed by atoms with E-state index in [0.717, 1.165) is 36.3 Å². The Bertz CT molecular complexity index is 431. The van der Waals surface area contributed by atoms with Crippen LogP contribution in [0.3, 0.4) is 0 Å². The molecule has 1 aliphatic rings. The van der Waals surface area contributed by atoms with Crippen molar-refractivity contribution in [2.75, 3.05) is 27.4 Å². The third-order valence-electron chi connectivity index (χ3n) is 4.32. The summed E-state index contributed by atoms with van der Waals surface area (Å²) in [5.41, 5.74) is 7.00. The first-order valence-corrected chi connectivity index (χ1v) is 7.51. The summed E-state index contributed by atoms with van der Waals surface area (Å²) in [6, 6.07) is 6.17. The number of aliphatic hydroxyl groups excluding tert-OH is 1. The molecule has 0 saturated heterocycles. The molecule has 2 rings (SSSR count). The molecule has 0 amide bonds. The van der Waals surface area contributed by atoms with Gasteiger partial charge in [-0.25, -0.2) is 0 Å². The van der Waals surface area contributed by atoms with Crippen molar-refractivity contribution in [3.8, 4) is 11.5 Å². The van der Waals surface area contributed by atoms with Gasteiger partial charge in [0.25, 0.3) is 0 Å². The van der Waals surface area contributed by atoms with Gasteiger partial charge in [0.05, 0.1) is 14.2 Å². The van der Waals surface area contributed by atoms with Crippen LogP contribution in [0.5, 0.6) is 11.5 Å². The van der Waals surface area contributed by atoms with Gasteiger partial charge in [-0.15, -0.1) is 0 Å². The van der Waals surface area contributed by atoms with E-state index in [4.69, 9.17) is 15.2 Å². The number of hydrogen-bond donors (Lipinski definition) is 3. The summed E-state index contributed by atoms with van der Waals surface area (Å²) in [6.45, 7) is 0.724. The van der Waals surface area contributed by atoms with Crippen LogP contribution in [-0.2, 0) is 0 Å². The maximum atomic E-state index is 9.45. The van der Waals surface area contributed by atoms with E-state index in [1.165, 1.54) is 0 Å². The highest BCUT2D eigenvalue weighted by molar-refractivity contribution is 5.40. The van der Waals surface area contributed by atoms with Crippen LogP contribution in [0.2, 0.25) is 0 Å². The molecule has 0 radical (unpaired) electrons. The summed E-state index contributed by atoms with van der Waals surface area (Å²) in [5.74, 6) is 1.84. The van der Waals surface area contributed by atoms with Gasteiger partial charge < -0.3 is 25.6 Å². The summed E-state index contributed by atoms with van der Waals surface area (Å²) >= 11 is 0. The highest BCUT2D eigenvalue weighted by atomic mass is 16.5. The Morgan fingerprint density at radius 3 is 2.43 bits per heavy atom. The summed E-state index contributed by atoms with van der Waals surface area (Å²) < 4.78 is 10.6. The number of benzene rings is 1. The largest absolute Gasteiger partial charge is 0.497 e. The van der Waals surface area contributed by atoms with E-state index in [1.807, 2.05) is 18.2 Å². The van der Waals surface area contributed by atoms with Crippen LogP contribution in [-0.4, -0.2) is 38.5 Å². The minimum absolute atomic E-state index is 0.0335. The normalized spacial score (nSPS) is 23.0. The lowest BCUT2D eigenvalue weighted by molar-refractivity contribution is 0.199. The Balaban J connectivity index is 2.16. The van der Waals surface area contributed by atoms with Crippen LogP contribution < -0.4 is 20.5 Å². The van der Waals surface area contributed by atoms with Crippen molar-refractivity contribution in [3.63, 3.8) is 0 Å². The Morgan fingerprint density at radius 1 is 1.24 bits per heavy atom. The maximum Gasteiger partial charge on any atom is 0.122 e. The lowest BCUT2D eigenvalue weighted by atomic mass is 10.0. The molecule has 3 unspecified atom stereocenters. The summed E-state index contributed by atoms with van der Waals surface area (Å²) in [4.78, 5) is 0. The molecule has 1 aromatic rings. The van der Waals surface area contributed by atoms with Gasteiger partial charge in [0, 0.05) is 31.3 Å². The fraction of sp³-hybridized carbons (Fsp3) is 0.625. The second-order valence-electron chi connectivity index (χ2n) is 5.58. The van der Waals surface area contributed by atoms with E-state index < -0.39 is 0 Å². The average molecular weight is 294 g/mol. The fourth-order valence-electron chi connectivity index (χ4n) is 3.06. The zero-order valence-corrected chi connectivity index (χ0v) is 12.8. The van der Waals surface area contributed by atoms with E-state index >= 15 is 0 Å². The molecule has 1 aliphatic carbocycles. The second-order valence-corrected chi connectivity index (χ2v) is 5.58. The molecule has 0 bridgehead atoms. The Kier molecular flexibility index (Phi) is 5.85. The highest BCUT2D eigenvalue weighted by Crippen LogP contribution is 2.30. The van der Waals surface area contributed by atoms with Crippen LogP contribution in [0, 0.1) is 5.92 Å². The smallest absolute Gasteiger partial charge is 0.122 e. The van der Waals surface area contributed by atoms with Crippen molar-refractivity contribution in [3.05, 3.63) is 23.8 Å². The molecule has 0 aromatic heterocycles. The molecular weight excluding hydrogens is 268 g/mol. The van der Waals surface area contributed by atoms with E-state index in [9.17, 15) is 5.11 Å². The zero-order valence-electron chi connectivity index (χ0n) is 12.8. The zero-order chi connectivity index (χ0) is 15.2. The summed E-state index contributed by atoms with van der Waals surface area (Å²) in [5, 5.41) is 13.0. The van der Waals surface area contributed by atoms with Crippen LogP contribution >= 0.6 is 0 Å². The van der Waals surface area contributed by atoms with Crippen molar-refractivity contribution in [2.45, 2.75) is 31.3 Å². The minimum Gasteiger partial charge on any atom is -0.497 e. The standard InChI is InChI=1S/C16H26N2O3/c1-20-13-6-12(7-14(8-13)21-2)16(9-17)18-15-5-3-4-11(15)10-19/h6-8,11,15-16,18-19H,3-5,9-10,17H2,1-2H3. The van der Waals surface area contributed by atoms with Crippen molar-refractivity contribution in [1.29, 1.82) is 0 Å². The molecule has 1 aromatic carbocycles. The van der Waals surface area contributed by atoms with Crippen LogP contribution in [0.4, 0.5) is 0 Å². The number of nitrogens with one attached hydrogen (secondary N) is 1. The van der Waals surface area contributed by atoms with Crippen molar-refractivity contribution in [2.24, 2.45) is 11.7 Å². The fourth-order valence-corrected chi connectivity index (χ4v) is 3.06. The third kappa shape index (κ3) is 3.87. The molecule has 3 atom stereocenters. The monoisotopic (exact) mass is 294 g/mol. The average Bonchev–Trinajstić information content (AvgIpc) is 2.99.